The van der Waals surface area contributed by atoms with Crippen LogP contribution in [0.3, 0.4) is 0 Å². The van der Waals surface area contributed by atoms with Crippen LogP contribution < -0.4 is 0 Å². The van der Waals surface area contributed by atoms with E-state index in [0.717, 1.165) is 25.7 Å². The molecule has 0 amide bonds. The topological polar surface area (TPSA) is 20.2 Å². The number of aliphatic hydroxyl groups is 1. The van der Waals surface area contributed by atoms with Crippen molar-refractivity contribution in [3.05, 3.63) is 65.3 Å². The molecule has 0 saturated carbocycles. The fraction of sp³-hybridized carbons (Fsp3) is 0.400. The molecule has 1 rings (SSSR count). The van der Waals surface area contributed by atoms with Gasteiger partial charge in [0, 0.05) is 0 Å². The Labute approximate surface area is 129 Å². The maximum absolute atomic E-state index is 8.81. The van der Waals surface area contributed by atoms with Crippen LogP contribution in [0.2, 0.25) is 0 Å². The standard InChI is InChI=1S/C20H28O/c1-17(9-7-10-18(2)15-16-21)11-8-12-19(3)20-13-5-4-6-14-20/h4-6,9,12-15,21H,7-8,10-11,16H2,1-3H3/b17-9+,18-15+,19-12+. The van der Waals surface area contributed by atoms with Gasteiger partial charge in [-0.05, 0) is 57.6 Å². The van der Waals surface area contributed by atoms with E-state index in [-0.39, 0.29) is 6.61 Å². The van der Waals surface area contributed by atoms with Crippen molar-refractivity contribution in [2.45, 2.75) is 46.5 Å². The molecule has 0 fully saturated rings. The molecule has 21 heavy (non-hydrogen) atoms. The highest BCUT2D eigenvalue weighted by atomic mass is 16.2. The Morgan fingerprint density at radius 2 is 1.43 bits per heavy atom. The minimum absolute atomic E-state index is 0.151. The van der Waals surface area contributed by atoms with Crippen LogP contribution in [0.5, 0.6) is 0 Å². The molecule has 114 valence electrons. The average Bonchev–Trinajstić information content (AvgIpc) is 2.48. The summed E-state index contributed by atoms with van der Waals surface area (Å²) in [6.45, 7) is 6.61. The molecule has 1 N–H and O–H groups in total. The number of hydrogen-bond donors (Lipinski definition) is 1. The van der Waals surface area contributed by atoms with Gasteiger partial charge in [0.25, 0.3) is 0 Å². The molecule has 1 aromatic rings. The molecule has 1 nitrogen and oxygen atoms in total. The van der Waals surface area contributed by atoms with Gasteiger partial charge >= 0.3 is 0 Å². The summed E-state index contributed by atoms with van der Waals surface area (Å²) >= 11 is 0. The van der Waals surface area contributed by atoms with Crippen LogP contribution in [0, 0.1) is 0 Å². The number of rotatable bonds is 8. The second kappa shape index (κ2) is 10.2. The molecule has 0 saturated heterocycles. The van der Waals surface area contributed by atoms with E-state index in [1.54, 1.807) is 0 Å². The molecule has 0 unspecified atom stereocenters. The van der Waals surface area contributed by atoms with Gasteiger partial charge in [-0.3, -0.25) is 0 Å². The van der Waals surface area contributed by atoms with E-state index < -0.39 is 0 Å². The summed E-state index contributed by atoms with van der Waals surface area (Å²) in [4.78, 5) is 0. The Morgan fingerprint density at radius 3 is 2.05 bits per heavy atom. The lowest BCUT2D eigenvalue weighted by Gasteiger charge is -2.03. The Bertz CT molecular complexity index is 492. The average molecular weight is 284 g/mol. The van der Waals surface area contributed by atoms with Crippen molar-refractivity contribution in [1.29, 1.82) is 0 Å². The molecule has 0 heterocycles. The van der Waals surface area contributed by atoms with Crippen molar-refractivity contribution in [3.8, 4) is 0 Å². The quantitative estimate of drug-likeness (QED) is 0.622. The number of benzene rings is 1. The summed E-state index contributed by atoms with van der Waals surface area (Å²) in [5.41, 5.74) is 5.37. The van der Waals surface area contributed by atoms with Crippen molar-refractivity contribution in [1.82, 2.24) is 0 Å². The Morgan fingerprint density at radius 1 is 0.857 bits per heavy atom. The first-order valence-electron chi connectivity index (χ1n) is 7.77. The van der Waals surface area contributed by atoms with E-state index in [9.17, 15) is 0 Å². The smallest absolute Gasteiger partial charge is 0.0614 e. The predicted molar refractivity (Wildman–Crippen MR) is 93.2 cm³/mol. The SMILES string of the molecule is C/C(=C\CO)CC/C=C(\C)CC/C=C(\C)c1ccccc1. The molecule has 0 bridgehead atoms. The van der Waals surface area contributed by atoms with E-state index in [4.69, 9.17) is 5.11 Å². The third kappa shape index (κ3) is 7.67. The monoisotopic (exact) mass is 284 g/mol. The van der Waals surface area contributed by atoms with E-state index >= 15 is 0 Å². The number of aliphatic hydroxyl groups excluding tert-OH is 1. The van der Waals surface area contributed by atoms with Crippen molar-refractivity contribution in [3.63, 3.8) is 0 Å². The largest absolute Gasteiger partial charge is 0.392 e. The summed E-state index contributed by atoms with van der Waals surface area (Å²) in [5, 5.41) is 8.81. The van der Waals surface area contributed by atoms with Gasteiger partial charge in [0.1, 0.15) is 0 Å². The Kier molecular flexibility index (Phi) is 8.45. The lowest BCUT2D eigenvalue weighted by Crippen LogP contribution is -1.83. The van der Waals surface area contributed by atoms with E-state index in [1.165, 1.54) is 22.3 Å². The first-order chi connectivity index (χ1) is 10.1. The van der Waals surface area contributed by atoms with Crippen molar-refractivity contribution >= 4 is 5.57 Å². The van der Waals surface area contributed by atoms with Gasteiger partial charge < -0.3 is 5.11 Å². The fourth-order valence-corrected chi connectivity index (χ4v) is 2.24. The summed E-state index contributed by atoms with van der Waals surface area (Å²) in [7, 11) is 0. The molecule has 1 aromatic carbocycles. The first-order valence-corrected chi connectivity index (χ1v) is 7.77. The van der Waals surface area contributed by atoms with Crippen LogP contribution in [0.25, 0.3) is 5.57 Å². The normalized spacial score (nSPS) is 13.6. The molecule has 0 atom stereocenters. The molecule has 0 radical (unpaired) electrons. The van der Waals surface area contributed by atoms with Gasteiger partial charge in [-0.15, -0.1) is 0 Å². The number of allylic oxidation sites excluding steroid dienone is 5. The van der Waals surface area contributed by atoms with Gasteiger partial charge in [0.05, 0.1) is 6.61 Å². The zero-order valence-corrected chi connectivity index (χ0v) is 13.6. The van der Waals surface area contributed by atoms with Gasteiger partial charge in [-0.2, -0.15) is 0 Å². The van der Waals surface area contributed by atoms with Crippen LogP contribution in [0.15, 0.2) is 59.7 Å². The Balaban J connectivity index is 2.36. The fourth-order valence-electron chi connectivity index (χ4n) is 2.24. The van der Waals surface area contributed by atoms with Gasteiger partial charge in [-0.1, -0.05) is 59.7 Å². The van der Waals surface area contributed by atoms with Crippen molar-refractivity contribution in [2.75, 3.05) is 6.61 Å². The third-order valence-corrected chi connectivity index (χ3v) is 3.69. The molecule has 0 aliphatic carbocycles. The lowest BCUT2D eigenvalue weighted by molar-refractivity contribution is 0.341. The highest BCUT2D eigenvalue weighted by Gasteiger charge is 1.95. The summed E-state index contributed by atoms with van der Waals surface area (Å²) in [6.07, 6.45) is 10.8. The van der Waals surface area contributed by atoms with Crippen molar-refractivity contribution < 1.29 is 5.11 Å². The van der Waals surface area contributed by atoms with Crippen molar-refractivity contribution in [2.24, 2.45) is 0 Å². The molecule has 0 aliphatic heterocycles. The van der Waals surface area contributed by atoms with Crippen LogP contribution >= 0.6 is 0 Å². The molecular weight excluding hydrogens is 256 g/mol. The van der Waals surface area contributed by atoms with Crippen LogP contribution in [-0.4, -0.2) is 11.7 Å². The van der Waals surface area contributed by atoms with Gasteiger partial charge in [0.2, 0.25) is 0 Å². The second-order valence-corrected chi connectivity index (χ2v) is 5.61. The summed E-state index contributed by atoms with van der Waals surface area (Å²) < 4.78 is 0. The van der Waals surface area contributed by atoms with Gasteiger partial charge in [0.15, 0.2) is 0 Å². The second-order valence-electron chi connectivity index (χ2n) is 5.61. The predicted octanol–water partition coefficient (Wildman–Crippen LogP) is 5.54. The summed E-state index contributed by atoms with van der Waals surface area (Å²) in [6, 6.07) is 10.5. The third-order valence-electron chi connectivity index (χ3n) is 3.69. The minimum Gasteiger partial charge on any atom is -0.392 e. The van der Waals surface area contributed by atoms with Crippen LogP contribution in [0.1, 0.15) is 52.0 Å². The maximum Gasteiger partial charge on any atom is 0.0614 e. The zero-order chi connectivity index (χ0) is 15.5. The molecule has 0 aliphatic rings. The minimum atomic E-state index is 0.151. The molecule has 0 aromatic heterocycles. The van der Waals surface area contributed by atoms with E-state index in [2.05, 4.69) is 63.3 Å². The first kappa shape index (κ1) is 17.5. The van der Waals surface area contributed by atoms with Gasteiger partial charge in [-0.25, -0.2) is 0 Å². The zero-order valence-electron chi connectivity index (χ0n) is 13.6. The highest BCUT2D eigenvalue weighted by molar-refractivity contribution is 5.63. The molecule has 1 heteroatoms. The maximum atomic E-state index is 8.81. The number of hydrogen-bond acceptors (Lipinski definition) is 1. The van der Waals surface area contributed by atoms with E-state index in [0.29, 0.717) is 0 Å². The van der Waals surface area contributed by atoms with Crippen LogP contribution in [-0.2, 0) is 0 Å². The van der Waals surface area contributed by atoms with E-state index in [1.807, 2.05) is 6.08 Å². The Hall–Kier alpha value is -1.60. The molecule has 0 spiro atoms. The lowest BCUT2D eigenvalue weighted by atomic mass is 10.0. The molecular formula is C20H28O. The van der Waals surface area contributed by atoms with Crippen LogP contribution in [0.4, 0.5) is 0 Å². The summed E-state index contributed by atoms with van der Waals surface area (Å²) in [5.74, 6) is 0. The highest BCUT2D eigenvalue weighted by Crippen LogP contribution is 2.16.